The zero-order chi connectivity index (χ0) is 23.0. The summed E-state index contributed by atoms with van der Waals surface area (Å²) in [5, 5.41) is 4.75. The summed E-state index contributed by atoms with van der Waals surface area (Å²) < 4.78 is 76.7. The molecule has 0 fully saturated rings. The molecule has 7 nitrogen and oxygen atoms in total. The Hall–Kier alpha value is -2.93. The smallest absolute Gasteiger partial charge is 0.284 e. The molecule has 0 aliphatic heterocycles. The normalized spacial score (nSPS) is 12.1. The van der Waals surface area contributed by atoms with Crippen LogP contribution in [0.5, 0.6) is 0 Å². The van der Waals surface area contributed by atoms with E-state index in [2.05, 4.69) is 15.2 Å². The zero-order valence-corrected chi connectivity index (χ0v) is 17.6. The van der Waals surface area contributed by atoms with Crippen molar-refractivity contribution in [2.24, 2.45) is 0 Å². The molecule has 1 amide bonds. The lowest BCUT2D eigenvalue weighted by Crippen LogP contribution is -2.29. The maximum atomic E-state index is 13.2. The van der Waals surface area contributed by atoms with Crippen LogP contribution < -0.4 is 4.90 Å². The van der Waals surface area contributed by atoms with E-state index in [1.807, 2.05) is 0 Å². The maximum absolute atomic E-state index is 13.2. The van der Waals surface area contributed by atoms with Crippen molar-refractivity contribution < 1.29 is 30.8 Å². The van der Waals surface area contributed by atoms with Gasteiger partial charge in [-0.25, -0.2) is 17.8 Å². The molecule has 0 atom stereocenters. The lowest BCUT2D eigenvalue weighted by Gasteiger charge is -2.16. The Bertz CT molecular complexity index is 1230. The monoisotopic (exact) mass is 474 g/mol. The first kappa shape index (κ1) is 22.7. The summed E-state index contributed by atoms with van der Waals surface area (Å²) in [7, 11) is -2.80. The number of amides is 1. The van der Waals surface area contributed by atoms with Crippen molar-refractivity contribution in [2.75, 3.05) is 17.7 Å². The van der Waals surface area contributed by atoms with E-state index < -0.39 is 43.3 Å². The van der Waals surface area contributed by atoms with E-state index in [9.17, 15) is 30.8 Å². The van der Waals surface area contributed by atoms with Crippen molar-refractivity contribution in [3.05, 3.63) is 53.0 Å². The Labute approximate surface area is 178 Å². The minimum Gasteiger partial charge on any atom is -0.284 e. The van der Waals surface area contributed by atoms with Crippen LogP contribution in [0.2, 0.25) is 0 Å². The second-order valence-electron chi connectivity index (χ2n) is 6.23. The standard InChI is InChI=1S/C18H14F4N4O3S2/c1-3-31(28,29)13-8-11(10-4-6-12(19)7-5-10)9-23-14(13)15(27)26(2)17-25-24-16(30-17)18(20,21)22/h4-9H,3H2,1-2H3. The predicted molar refractivity (Wildman–Crippen MR) is 105 cm³/mol. The van der Waals surface area contributed by atoms with Crippen LogP contribution in [0.3, 0.4) is 0 Å². The molecule has 0 aliphatic rings. The number of hydrogen-bond acceptors (Lipinski definition) is 7. The number of pyridine rings is 1. The van der Waals surface area contributed by atoms with E-state index in [0.29, 0.717) is 11.1 Å². The zero-order valence-electron chi connectivity index (χ0n) is 16.0. The van der Waals surface area contributed by atoms with E-state index in [-0.39, 0.29) is 22.2 Å². The largest absolute Gasteiger partial charge is 0.445 e. The van der Waals surface area contributed by atoms with Gasteiger partial charge in [0, 0.05) is 18.8 Å². The molecule has 1 aromatic carbocycles. The number of rotatable bonds is 5. The topological polar surface area (TPSA) is 93.1 Å². The van der Waals surface area contributed by atoms with Crippen LogP contribution in [0.25, 0.3) is 11.1 Å². The predicted octanol–water partition coefficient (Wildman–Crippen LogP) is 3.83. The average molecular weight is 474 g/mol. The number of aromatic nitrogens is 3. The minimum atomic E-state index is -4.73. The number of halogens is 4. The highest BCUT2D eigenvalue weighted by atomic mass is 32.2. The lowest BCUT2D eigenvalue weighted by atomic mass is 10.1. The quantitative estimate of drug-likeness (QED) is 0.522. The number of carbonyl (C=O) groups excluding carboxylic acids is 1. The Morgan fingerprint density at radius 2 is 1.77 bits per heavy atom. The Morgan fingerprint density at radius 1 is 1.13 bits per heavy atom. The molecule has 164 valence electrons. The second kappa shape index (κ2) is 8.30. The van der Waals surface area contributed by atoms with Crippen LogP contribution in [0.1, 0.15) is 22.4 Å². The van der Waals surface area contributed by atoms with Gasteiger partial charge in [0.1, 0.15) is 11.5 Å². The number of sulfone groups is 1. The second-order valence-corrected chi connectivity index (χ2v) is 9.44. The molecule has 0 saturated carbocycles. The van der Waals surface area contributed by atoms with Crippen molar-refractivity contribution in [3.8, 4) is 11.1 Å². The minimum absolute atomic E-state index is 0.137. The number of carbonyl (C=O) groups is 1. The molecule has 13 heteroatoms. The Kier molecular flexibility index (Phi) is 6.09. The summed E-state index contributed by atoms with van der Waals surface area (Å²) in [6.07, 6.45) is -3.50. The van der Waals surface area contributed by atoms with Crippen molar-refractivity contribution in [1.29, 1.82) is 0 Å². The number of anilines is 1. The van der Waals surface area contributed by atoms with Crippen molar-refractivity contribution in [1.82, 2.24) is 15.2 Å². The van der Waals surface area contributed by atoms with Gasteiger partial charge in [-0.05, 0) is 23.8 Å². The van der Waals surface area contributed by atoms with Gasteiger partial charge in [0.05, 0.1) is 10.6 Å². The highest BCUT2D eigenvalue weighted by Crippen LogP contribution is 2.34. The van der Waals surface area contributed by atoms with E-state index in [0.717, 1.165) is 11.9 Å². The van der Waals surface area contributed by atoms with Crippen LogP contribution in [0.4, 0.5) is 22.7 Å². The fraction of sp³-hybridized carbons (Fsp3) is 0.222. The van der Waals surface area contributed by atoms with Crippen LogP contribution in [-0.4, -0.2) is 42.3 Å². The average Bonchev–Trinajstić information content (AvgIpc) is 3.24. The van der Waals surface area contributed by atoms with Gasteiger partial charge >= 0.3 is 6.18 Å². The molecule has 0 bridgehead atoms. The molecule has 0 saturated heterocycles. The van der Waals surface area contributed by atoms with E-state index in [4.69, 9.17) is 0 Å². The third-order valence-electron chi connectivity index (χ3n) is 4.20. The third-order valence-corrected chi connectivity index (χ3v) is 6.98. The first-order valence-electron chi connectivity index (χ1n) is 8.61. The van der Waals surface area contributed by atoms with Gasteiger partial charge in [0.25, 0.3) is 5.91 Å². The van der Waals surface area contributed by atoms with Crippen LogP contribution in [-0.2, 0) is 16.0 Å². The summed E-state index contributed by atoms with van der Waals surface area (Å²) in [4.78, 5) is 17.2. The lowest BCUT2D eigenvalue weighted by molar-refractivity contribution is -0.138. The summed E-state index contributed by atoms with van der Waals surface area (Å²) in [6, 6.07) is 6.43. The first-order chi connectivity index (χ1) is 14.4. The summed E-state index contributed by atoms with van der Waals surface area (Å²) in [5.41, 5.74) is 0.313. The van der Waals surface area contributed by atoms with Crippen molar-refractivity contribution in [3.63, 3.8) is 0 Å². The van der Waals surface area contributed by atoms with Crippen LogP contribution >= 0.6 is 11.3 Å². The molecular weight excluding hydrogens is 460 g/mol. The molecule has 0 unspecified atom stereocenters. The van der Waals surface area contributed by atoms with E-state index >= 15 is 0 Å². The molecule has 0 radical (unpaired) electrons. The Balaban J connectivity index is 2.06. The molecular formula is C18H14F4N4O3S2. The van der Waals surface area contributed by atoms with Gasteiger partial charge in [0.2, 0.25) is 10.1 Å². The molecule has 3 rings (SSSR count). The SMILES string of the molecule is CCS(=O)(=O)c1cc(-c2ccc(F)cc2)cnc1C(=O)N(C)c1nnc(C(F)(F)F)s1. The van der Waals surface area contributed by atoms with Crippen molar-refractivity contribution in [2.45, 2.75) is 18.0 Å². The van der Waals surface area contributed by atoms with Gasteiger partial charge < -0.3 is 0 Å². The fourth-order valence-electron chi connectivity index (χ4n) is 2.51. The molecule has 0 aliphatic carbocycles. The number of benzene rings is 1. The number of alkyl halides is 3. The Morgan fingerprint density at radius 3 is 2.32 bits per heavy atom. The third kappa shape index (κ3) is 4.71. The van der Waals surface area contributed by atoms with Gasteiger partial charge in [-0.3, -0.25) is 9.69 Å². The molecule has 0 N–H and O–H groups in total. The summed E-state index contributed by atoms with van der Waals surface area (Å²) in [5.74, 6) is -1.80. The van der Waals surface area contributed by atoms with Crippen LogP contribution in [0, 0.1) is 5.82 Å². The van der Waals surface area contributed by atoms with E-state index in [1.165, 1.54) is 43.5 Å². The summed E-state index contributed by atoms with van der Waals surface area (Å²) in [6.45, 7) is 1.37. The highest BCUT2D eigenvalue weighted by Gasteiger charge is 2.37. The van der Waals surface area contributed by atoms with Gasteiger partial charge in [-0.15, -0.1) is 10.2 Å². The van der Waals surface area contributed by atoms with Crippen molar-refractivity contribution >= 4 is 32.2 Å². The first-order valence-corrected chi connectivity index (χ1v) is 11.1. The molecule has 3 aromatic rings. The molecule has 2 heterocycles. The number of hydrogen-bond donors (Lipinski definition) is 0. The molecule has 31 heavy (non-hydrogen) atoms. The van der Waals surface area contributed by atoms with Gasteiger partial charge in [-0.1, -0.05) is 30.4 Å². The molecule has 2 aromatic heterocycles. The highest BCUT2D eigenvalue weighted by molar-refractivity contribution is 7.91. The van der Waals surface area contributed by atoms with Gasteiger partial charge in [0.15, 0.2) is 9.84 Å². The van der Waals surface area contributed by atoms with Crippen LogP contribution in [0.15, 0.2) is 41.4 Å². The molecule has 0 spiro atoms. The fourth-order valence-corrected chi connectivity index (χ4v) is 4.23. The van der Waals surface area contributed by atoms with E-state index in [1.54, 1.807) is 0 Å². The summed E-state index contributed by atoms with van der Waals surface area (Å²) >= 11 is 0.137. The van der Waals surface area contributed by atoms with Gasteiger partial charge in [-0.2, -0.15) is 13.2 Å². The number of nitrogens with zero attached hydrogens (tertiary/aromatic N) is 4. The maximum Gasteiger partial charge on any atom is 0.445 e.